The van der Waals surface area contributed by atoms with Crippen LogP contribution in [0.1, 0.15) is 29.2 Å². The first-order valence-electron chi connectivity index (χ1n) is 8.83. The van der Waals surface area contributed by atoms with Crippen molar-refractivity contribution in [1.82, 2.24) is 4.90 Å². The van der Waals surface area contributed by atoms with Gasteiger partial charge in [0.15, 0.2) is 11.5 Å². The van der Waals surface area contributed by atoms with Crippen LogP contribution in [0.5, 0.6) is 5.75 Å². The number of amides is 1. The van der Waals surface area contributed by atoms with Crippen LogP contribution in [-0.2, 0) is 10.3 Å². The van der Waals surface area contributed by atoms with E-state index < -0.39 is 23.9 Å². The number of guanidine groups is 1. The Morgan fingerprint density at radius 1 is 1.21 bits per heavy atom. The van der Waals surface area contributed by atoms with Gasteiger partial charge in [-0.05, 0) is 54.8 Å². The van der Waals surface area contributed by atoms with Crippen molar-refractivity contribution in [1.29, 1.82) is 0 Å². The Bertz CT molecular complexity index is 1020. The van der Waals surface area contributed by atoms with Gasteiger partial charge in [0.1, 0.15) is 11.6 Å². The molecule has 1 aliphatic heterocycles. The summed E-state index contributed by atoms with van der Waals surface area (Å²) in [7, 11) is 1.49. The molecule has 8 heteroatoms. The first-order chi connectivity index (χ1) is 13.7. The molecule has 0 spiro atoms. The number of nitrogens with two attached hydrogens (primary N) is 1. The summed E-state index contributed by atoms with van der Waals surface area (Å²) in [6.07, 6.45) is 3.25. The smallest absolute Gasteiger partial charge is 0.387 e. The van der Waals surface area contributed by atoms with Crippen LogP contribution in [0.3, 0.4) is 0 Å². The van der Waals surface area contributed by atoms with Gasteiger partial charge in [0.05, 0.1) is 0 Å². The van der Waals surface area contributed by atoms with Crippen molar-refractivity contribution in [2.45, 2.75) is 26.0 Å². The fourth-order valence-corrected chi connectivity index (χ4v) is 3.36. The Morgan fingerprint density at radius 2 is 1.86 bits per heavy atom. The topological polar surface area (TPSA) is 67.9 Å². The molecular formula is C21H20F3N3O2. The summed E-state index contributed by atoms with van der Waals surface area (Å²) in [6.45, 7) is 0.362. The van der Waals surface area contributed by atoms with Gasteiger partial charge in [-0.15, -0.1) is 0 Å². The van der Waals surface area contributed by atoms with Crippen molar-refractivity contribution in [3.8, 4) is 5.75 Å². The number of halogens is 3. The second-order valence-electron chi connectivity index (χ2n) is 6.64. The molecule has 29 heavy (non-hydrogen) atoms. The first-order valence-corrected chi connectivity index (χ1v) is 8.83. The number of carbonyl (C=O) groups excluding carboxylic acids is 1. The van der Waals surface area contributed by atoms with Crippen LogP contribution < -0.4 is 10.5 Å². The third kappa shape index (κ3) is 3.46. The number of likely N-dealkylation sites (N-methyl/N-ethyl adjacent to an activating group) is 1. The lowest BCUT2D eigenvalue weighted by atomic mass is 9.81. The van der Waals surface area contributed by atoms with E-state index in [1.165, 1.54) is 42.3 Å². The van der Waals surface area contributed by atoms with Gasteiger partial charge in [0, 0.05) is 12.6 Å². The van der Waals surface area contributed by atoms with Gasteiger partial charge < -0.3 is 10.5 Å². The van der Waals surface area contributed by atoms with Crippen LogP contribution in [0.15, 0.2) is 47.5 Å². The lowest BCUT2D eigenvalue weighted by Crippen LogP contribution is -2.41. The van der Waals surface area contributed by atoms with E-state index in [0.29, 0.717) is 16.7 Å². The SMILES string of the molecule is C/C=C/c1cc(C2(c3ccc(OC(F)F)c(C)c3)N=C(N)N(C)C2=O)ccc1F. The third-order valence-corrected chi connectivity index (χ3v) is 4.81. The minimum atomic E-state index is -2.97. The van der Waals surface area contributed by atoms with E-state index in [1.54, 1.807) is 32.1 Å². The number of aryl methyl sites for hydroxylation is 1. The quantitative estimate of drug-likeness (QED) is 0.826. The molecule has 0 saturated heterocycles. The normalized spacial score (nSPS) is 19.3. The Hall–Kier alpha value is -3.29. The summed E-state index contributed by atoms with van der Waals surface area (Å²) in [5.41, 5.74) is 5.87. The van der Waals surface area contributed by atoms with Crippen molar-refractivity contribution < 1.29 is 22.7 Å². The zero-order chi connectivity index (χ0) is 21.3. The number of aliphatic imine (C=N–C) groups is 1. The third-order valence-electron chi connectivity index (χ3n) is 4.81. The van der Waals surface area contributed by atoms with Crippen LogP contribution in [0, 0.1) is 12.7 Å². The second-order valence-corrected chi connectivity index (χ2v) is 6.64. The van der Waals surface area contributed by atoms with Gasteiger partial charge in [-0.1, -0.05) is 24.3 Å². The standard InChI is InChI=1S/C21H20F3N3O2/c1-4-5-13-11-15(6-8-16(13)22)21(18(28)27(3)20(25)26-21)14-7-9-17(12(2)10-14)29-19(23)24/h4-11,19H,1-3H3,(H2,25,26)/b5-4+. The summed E-state index contributed by atoms with van der Waals surface area (Å²) in [4.78, 5) is 18.9. The molecule has 1 amide bonds. The number of hydrogen-bond donors (Lipinski definition) is 1. The van der Waals surface area contributed by atoms with Crippen molar-refractivity contribution >= 4 is 17.9 Å². The number of rotatable bonds is 5. The fourth-order valence-electron chi connectivity index (χ4n) is 3.36. The number of allylic oxidation sites excluding steroid dienone is 1. The molecule has 1 unspecified atom stereocenters. The highest BCUT2D eigenvalue weighted by Gasteiger charge is 2.49. The Kier molecular flexibility index (Phi) is 5.37. The molecule has 2 aromatic rings. The number of benzene rings is 2. The summed E-state index contributed by atoms with van der Waals surface area (Å²) in [5, 5.41) is 0. The molecule has 3 rings (SSSR count). The van der Waals surface area contributed by atoms with Crippen molar-refractivity contribution in [2.75, 3.05) is 7.05 Å². The van der Waals surface area contributed by atoms with E-state index in [9.17, 15) is 18.0 Å². The average molecular weight is 403 g/mol. The van der Waals surface area contributed by atoms with E-state index in [-0.39, 0.29) is 17.3 Å². The molecule has 0 fully saturated rings. The lowest BCUT2D eigenvalue weighted by molar-refractivity contribution is -0.129. The molecular weight excluding hydrogens is 383 g/mol. The zero-order valence-electron chi connectivity index (χ0n) is 16.1. The lowest BCUT2D eigenvalue weighted by Gasteiger charge is -2.27. The highest BCUT2D eigenvalue weighted by molar-refractivity contribution is 6.09. The molecule has 0 aromatic heterocycles. The first kappa shape index (κ1) is 20.4. The highest BCUT2D eigenvalue weighted by atomic mass is 19.3. The minimum absolute atomic E-state index is 0.00234. The molecule has 152 valence electrons. The highest BCUT2D eigenvalue weighted by Crippen LogP contribution is 2.41. The molecule has 1 atom stereocenters. The molecule has 1 aliphatic rings. The molecule has 2 aromatic carbocycles. The molecule has 0 bridgehead atoms. The number of hydrogen-bond acceptors (Lipinski definition) is 4. The molecule has 0 aliphatic carbocycles. The fraction of sp³-hybridized carbons (Fsp3) is 0.238. The molecule has 5 nitrogen and oxygen atoms in total. The average Bonchev–Trinajstić information content (AvgIpc) is 2.90. The maximum Gasteiger partial charge on any atom is 0.387 e. The van der Waals surface area contributed by atoms with Crippen molar-refractivity contribution in [3.05, 3.63) is 70.5 Å². The molecule has 0 saturated carbocycles. The number of ether oxygens (including phenoxy) is 1. The minimum Gasteiger partial charge on any atom is -0.435 e. The summed E-state index contributed by atoms with van der Waals surface area (Å²) < 4.78 is 43.9. The molecule has 0 radical (unpaired) electrons. The van der Waals surface area contributed by atoms with E-state index in [4.69, 9.17) is 5.73 Å². The van der Waals surface area contributed by atoms with Gasteiger partial charge in [0.25, 0.3) is 5.91 Å². The van der Waals surface area contributed by atoms with E-state index in [2.05, 4.69) is 9.73 Å². The van der Waals surface area contributed by atoms with Gasteiger partial charge in [0.2, 0.25) is 0 Å². The van der Waals surface area contributed by atoms with Crippen LogP contribution in [-0.4, -0.2) is 30.4 Å². The predicted molar refractivity (Wildman–Crippen MR) is 104 cm³/mol. The number of carbonyl (C=O) groups is 1. The number of nitrogens with zero attached hydrogens (tertiary/aromatic N) is 2. The predicted octanol–water partition coefficient (Wildman–Crippen LogP) is 3.80. The van der Waals surface area contributed by atoms with Crippen molar-refractivity contribution in [3.63, 3.8) is 0 Å². The molecule has 2 N–H and O–H groups in total. The summed E-state index contributed by atoms with van der Waals surface area (Å²) >= 11 is 0. The summed E-state index contributed by atoms with van der Waals surface area (Å²) in [5.74, 6) is -0.898. The Morgan fingerprint density at radius 3 is 2.41 bits per heavy atom. The summed E-state index contributed by atoms with van der Waals surface area (Å²) in [6, 6.07) is 8.63. The Labute approximate surface area is 166 Å². The monoisotopic (exact) mass is 403 g/mol. The van der Waals surface area contributed by atoms with Crippen molar-refractivity contribution in [2.24, 2.45) is 10.7 Å². The van der Waals surface area contributed by atoms with Crippen LogP contribution >= 0.6 is 0 Å². The van der Waals surface area contributed by atoms with Gasteiger partial charge in [-0.2, -0.15) is 8.78 Å². The Balaban J connectivity index is 2.24. The van der Waals surface area contributed by atoms with Crippen LogP contribution in [0.25, 0.3) is 6.08 Å². The zero-order valence-corrected chi connectivity index (χ0v) is 16.1. The van der Waals surface area contributed by atoms with E-state index in [0.717, 1.165) is 0 Å². The van der Waals surface area contributed by atoms with E-state index >= 15 is 0 Å². The van der Waals surface area contributed by atoms with Gasteiger partial charge in [-0.3, -0.25) is 9.69 Å². The van der Waals surface area contributed by atoms with Gasteiger partial charge in [-0.25, -0.2) is 9.38 Å². The largest absolute Gasteiger partial charge is 0.435 e. The van der Waals surface area contributed by atoms with Crippen LogP contribution in [0.4, 0.5) is 13.2 Å². The second kappa shape index (κ2) is 7.62. The molecule has 1 heterocycles. The van der Waals surface area contributed by atoms with E-state index in [1.807, 2.05) is 0 Å². The maximum atomic E-state index is 14.2. The van der Waals surface area contributed by atoms with Gasteiger partial charge >= 0.3 is 6.61 Å². The number of alkyl halides is 2. The van der Waals surface area contributed by atoms with Crippen LogP contribution in [0.2, 0.25) is 0 Å². The maximum absolute atomic E-state index is 14.2.